The lowest BCUT2D eigenvalue weighted by molar-refractivity contribution is 0.178. The summed E-state index contributed by atoms with van der Waals surface area (Å²) in [7, 11) is 3.63. The maximum atomic E-state index is 5.43. The highest BCUT2D eigenvalue weighted by Gasteiger charge is 2.23. The molecule has 0 aliphatic rings. The number of nitrogens with zero attached hydrogens (tertiary/aromatic N) is 3. The molecular formula is C12H23N5O. The molecule has 1 rings (SSSR count). The van der Waals surface area contributed by atoms with Gasteiger partial charge >= 0.3 is 0 Å². The Bertz CT molecular complexity index is 394. The number of aromatic nitrogens is 2. The van der Waals surface area contributed by atoms with E-state index in [9.17, 15) is 0 Å². The quantitative estimate of drug-likeness (QED) is 0.591. The lowest BCUT2D eigenvalue weighted by Gasteiger charge is -2.36. The first-order valence-electron chi connectivity index (χ1n) is 6.02. The second-order valence-corrected chi connectivity index (χ2v) is 4.83. The number of ether oxygens (including phenoxy) is 1. The van der Waals surface area contributed by atoms with Crippen LogP contribution in [0, 0.1) is 0 Å². The van der Waals surface area contributed by atoms with Gasteiger partial charge in [0.15, 0.2) is 5.82 Å². The van der Waals surface area contributed by atoms with Crippen molar-refractivity contribution in [1.82, 2.24) is 9.97 Å². The predicted molar refractivity (Wildman–Crippen MR) is 73.3 cm³/mol. The van der Waals surface area contributed by atoms with Gasteiger partial charge in [-0.25, -0.2) is 15.8 Å². The molecule has 102 valence electrons. The van der Waals surface area contributed by atoms with Crippen LogP contribution in [-0.2, 0) is 11.3 Å². The van der Waals surface area contributed by atoms with E-state index in [2.05, 4.69) is 41.1 Å². The van der Waals surface area contributed by atoms with Gasteiger partial charge in [-0.2, -0.15) is 0 Å². The summed E-state index contributed by atoms with van der Waals surface area (Å²) < 4.78 is 5.06. The molecule has 6 heteroatoms. The zero-order valence-electron chi connectivity index (χ0n) is 11.8. The highest BCUT2D eigenvalue weighted by atomic mass is 16.5. The summed E-state index contributed by atoms with van der Waals surface area (Å²) in [6.45, 7) is 6.85. The SMILES string of the molecule is CCC(C)(C)N(C)c1cc(NN)nc(COC)n1. The lowest BCUT2D eigenvalue weighted by Crippen LogP contribution is -2.41. The molecule has 18 heavy (non-hydrogen) atoms. The van der Waals surface area contributed by atoms with Crippen molar-refractivity contribution in [2.24, 2.45) is 5.84 Å². The summed E-state index contributed by atoms with van der Waals surface area (Å²) in [4.78, 5) is 10.8. The van der Waals surface area contributed by atoms with Gasteiger partial charge in [-0.05, 0) is 20.3 Å². The first-order valence-corrected chi connectivity index (χ1v) is 6.02. The Kier molecular flexibility index (Phi) is 4.86. The Hall–Kier alpha value is -1.40. The molecule has 0 aliphatic carbocycles. The van der Waals surface area contributed by atoms with Crippen LogP contribution < -0.4 is 16.2 Å². The predicted octanol–water partition coefficient (Wildman–Crippen LogP) is 1.53. The van der Waals surface area contributed by atoms with Gasteiger partial charge in [0, 0.05) is 25.8 Å². The highest BCUT2D eigenvalue weighted by molar-refractivity contribution is 5.49. The van der Waals surface area contributed by atoms with E-state index in [1.54, 1.807) is 7.11 Å². The van der Waals surface area contributed by atoms with Crippen LogP contribution in [0.15, 0.2) is 6.07 Å². The molecule has 0 atom stereocenters. The minimum Gasteiger partial charge on any atom is -0.377 e. The summed E-state index contributed by atoms with van der Waals surface area (Å²) in [5, 5.41) is 0. The van der Waals surface area contributed by atoms with Gasteiger partial charge < -0.3 is 15.1 Å². The fourth-order valence-electron chi connectivity index (χ4n) is 1.47. The van der Waals surface area contributed by atoms with Gasteiger partial charge in [-0.1, -0.05) is 6.92 Å². The van der Waals surface area contributed by atoms with E-state index in [0.29, 0.717) is 18.2 Å². The molecule has 0 bridgehead atoms. The average molecular weight is 253 g/mol. The first-order chi connectivity index (χ1) is 8.44. The maximum absolute atomic E-state index is 5.43. The van der Waals surface area contributed by atoms with Gasteiger partial charge in [-0.3, -0.25) is 0 Å². The number of methoxy groups -OCH3 is 1. The summed E-state index contributed by atoms with van der Waals surface area (Å²) in [5.74, 6) is 7.46. The van der Waals surface area contributed by atoms with Gasteiger partial charge in [0.1, 0.15) is 18.2 Å². The Morgan fingerprint density at radius 1 is 1.44 bits per heavy atom. The molecule has 1 aromatic rings. The molecule has 0 fully saturated rings. The number of hydrogen-bond donors (Lipinski definition) is 2. The van der Waals surface area contributed by atoms with Crippen molar-refractivity contribution in [1.29, 1.82) is 0 Å². The molecule has 1 aromatic heterocycles. The minimum absolute atomic E-state index is 0.0184. The van der Waals surface area contributed by atoms with Crippen molar-refractivity contribution >= 4 is 11.6 Å². The number of hydrogen-bond acceptors (Lipinski definition) is 6. The smallest absolute Gasteiger partial charge is 0.158 e. The van der Waals surface area contributed by atoms with Crippen LogP contribution in [0.5, 0.6) is 0 Å². The maximum Gasteiger partial charge on any atom is 0.158 e. The van der Waals surface area contributed by atoms with Crippen molar-refractivity contribution in [2.75, 3.05) is 24.5 Å². The van der Waals surface area contributed by atoms with Crippen LogP contribution in [0.2, 0.25) is 0 Å². The van der Waals surface area contributed by atoms with E-state index in [1.165, 1.54) is 0 Å². The molecule has 0 saturated carbocycles. The first kappa shape index (κ1) is 14.7. The number of nitrogens with two attached hydrogens (primary N) is 1. The number of nitrogen functional groups attached to an aromatic ring is 1. The van der Waals surface area contributed by atoms with E-state index < -0.39 is 0 Å². The molecule has 0 radical (unpaired) electrons. The average Bonchev–Trinajstić information content (AvgIpc) is 2.37. The minimum atomic E-state index is 0.0184. The van der Waals surface area contributed by atoms with E-state index in [0.717, 1.165) is 12.2 Å². The van der Waals surface area contributed by atoms with Crippen molar-refractivity contribution < 1.29 is 4.74 Å². The zero-order valence-corrected chi connectivity index (χ0v) is 11.8. The van der Waals surface area contributed by atoms with Crippen molar-refractivity contribution in [3.05, 3.63) is 11.9 Å². The standard InChI is InChI=1S/C12H23N5O/c1-6-12(2,3)17(4)11-7-9(16-13)14-10(15-11)8-18-5/h7H,6,8,13H2,1-5H3,(H,14,15,16). The zero-order chi connectivity index (χ0) is 13.8. The molecule has 6 nitrogen and oxygen atoms in total. The van der Waals surface area contributed by atoms with Crippen LogP contribution in [0.25, 0.3) is 0 Å². The summed E-state index contributed by atoms with van der Waals surface area (Å²) in [5.41, 5.74) is 2.58. The topological polar surface area (TPSA) is 76.3 Å². The Morgan fingerprint density at radius 3 is 2.61 bits per heavy atom. The van der Waals surface area contributed by atoms with E-state index in [-0.39, 0.29) is 5.54 Å². The van der Waals surface area contributed by atoms with Crippen LogP contribution >= 0.6 is 0 Å². The molecule has 0 unspecified atom stereocenters. The van der Waals surface area contributed by atoms with E-state index in [4.69, 9.17) is 10.6 Å². The summed E-state index contributed by atoms with van der Waals surface area (Å²) >= 11 is 0. The van der Waals surface area contributed by atoms with Crippen LogP contribution in [0.3, 0.4) is 0 Å². The van der Waals surface area contributed by atoms with Crippen molar-refractivity contribution in [3.8, 4) is 0 Å². The van der Waals surface area contributed by atoms with Gasteiger partial charge in [0.05, 0.1) is 0 Å². The third kappa shape index (κ3) is 3.30. The molecule has 0 amide bonds. The molecular weight excluding hydrogens is 230 g/mol. The van der Waals surface area contributed by atoms with Crippen LogP contribution in [0.1, 0.15) is 33.0 Å². The summed E-state index contributed by atoms with van der Waals surface area (Å²) in [6, 6.07) is 1.83. The second-order valence-electron chi connectivity index (χ2n) is 4.83. The third-order valence-electron chi connectivity index (χ3n) is 3.30. The largest absolute Gasteiger partial charge is 0.377 e. The Morgan fingerprint density at radius 2 is 2.11 bits per heavy atom. The molecule has 0 spiro atoms. The van der Waals surface area contributed by atoms with E-state index in [1.807, 2.05) is 13.1 Å². The number of anilines is 2. The summed E-state index contributed by atoms with van der Waals surface area (Å²) in [6.07, 6.45) is 1.01. The fraction of sp³-hybridized carbons (Fsp3) is 0.667. The monoisotopic (exact) mass is 253 g/mol. The molecule has 3 N–H and O–H groups in total. The molecule has 0 aliphatic heterocycles. The Labute approximate surface area is 109 Å². The normalized spacial score (nSPS) is 11.4. The van der Waals surface area contributed by atoms with Crippen LogP contribution in [0.4, 0.5) is 11.6 Å². The van der Waals surface area contributed by atoms with E-state index >= 15 is 0 Å². The van der Waals surface area contributed by atoms with Gasteiger partial charge in [-0.15, -0.1) is 0 Å². The van der Waals surface area contributed by atoms with Crippen LogP contribution in [-0.4, -0.2) is 29.7 Å². The number of rotatable bonds is 6. The molecule has 1 heterocycles. The molecule has 0 aromatic carbocycles. The third-order valence-corrected chi connectivity index (χ3v) is 3.30. The van der Waals surface area contributed by atoms with Crippen molar-refractivity contribution in [2.45, 2.75) is 39.3 Å². The highest BCUT2D eigenvalue weighted by Crippen LogP contribution is 2.24. The van der Waals surface area contributed by atoms with Crippen molar-refractivity contribution in [3.63, 3.8) is 0 Å². The molecule has 0 saturated heterocycles. The van der Waals surface area contributed by atoms with Gasteiger partial charge in [0.2, 0.25) is 0 Å². The fourth-order valence-corrected chi connectivity index (χ4v) is 1.47. The number of hydrazine groups is 1. The Balaban J connectivity index is 3.11. The lowest BCUT2D eigenvalue weighted by atomic mass is 10.00. The second kappa shape index (κ2) is 5.97. The van der Waals surface area contributed by atoms with Gasteiger partial charge in [0.25, 0.3) is 0 Å². The number of nitrogens with one attached hydrogen (secondary N) is 1.